The molecule has 6 nitrogen and oxygen atoms in total. The van der Waals surface area contributed by atoms with Crippen molar-refractivity contribution in [2.45, 2.75) is 13.8 Å². The highest BCUT2D eigenvalue weighted by atomic mass is 35.5. The first-order chi connectivity index (χ1) is 15.9. The van der Waals surface area contributed by atoms with Crippen molar-refractivity contribution < 1.29 is 9.59 Å². The number of carbonyl (C=O) groups excluding carboxylic acids is 2. The van der Waals surface area contributed by atoms with Gasteiger partial charge in [0.25, 0.3) is 0 Å². The summed E-state index contributed by atoms with van der Waals surface area (Å²) >= 11 is 12.5. The van der Waals surface area contributed by atoms with Gasteiger partial charge in [-0.25, -0.2) is 5.43 Å². The number of fused-ring (bicyclic) bond motifs is 1. The molecule has 0 radical (unpaired) electrons. The van der Waals surface area contributed by atoms with Crippen LogP contribution in [0.5, 0.6) is 0 Å². The topological polar surface area (TPSA) is 75.5 Å². The fraction of sp³-hybridized carbons (Fsp3) is 0.0800. The van der Waals surface area contributed by atoms with Crippen LogP contribution in [-0.2, 0) is 9.59 Å². The van der Waals surface area contributed by atoms with Crippen molar-refractivity contribution in [3.63, 3.8) is 0 Å². The fourth-order valence-electron chi connectivity index (χ4n) is 3.68. The van der Waals surface area contributed by atoms with Crippen molar-refractivity contribution in [3.8, 4) is 5.69 Å². The van der Waals surface area contributed by atoms with E-state index in [4.69, 9.17) is 23.2 Å². The number of benzene rings is 3. The number of aromatic nitrogens is 1. The molecule has 4 rings (SSSR count). The van der Waals surface area contributed by atoms with Gasteiger partial charge in [0.1, 0.15) is 0 Å². The highest BCUT2D eigenvalue weighted by Crippen LogP contribution is 2.31. The monoisotopic (exact) mass is 478 g/mol. The SMILES string of the molecule is Cc1cc(/C=N\NC(=O)C(=O)Nc2cccc3ccccc23)c(C)n1-c1cccc(Cl)c1Cl. The van der Waals surface area contributed by atoms with Gasteiger partial charge in [0.2, 0.25) is 0 Å². The molecule has 0 saturated carbocycles. The number of nitrogens with zero attached hydrogens (tertiary/aromatic N) is 2. The van der Waals surface area contributed by atoms with Crippen LogP contribution in [0.4, 0.5) is 5.69 Å². The van der Waals surface area contributed by atoms with Crippen LogP contribution >= 0.6 is 23.2 Å². The Morgan fingerprint density at radius 1 is 0.939 bits per heavy atom. The van der Waals surface area contributed by atoms with Gasteiger partial charge >= 0.3 is 11.8 Å². The molecule has 0 atom stereocenters. The number of aryl methyl sites for hydroxylation is 1. The van der Waals surface area contributed by atoms with Gasteiger partial charge in [-0.3, -0.25) is 9.59 Å². The third-order valence-electron chi connectivity index (χ3n) is 5.26. The molecule has 0 aliphatic heterocycles. The zero-order valence-electron chi connectivity index (χ0n) is 17.9. The number of amides is 2. The molecule has 0 saturated heterocycles. The molecule has 0 aliphatic rings. The van der Waals surface area contributed by atoms with Crippen molar-refractivity contribution in [2.24, 2.45) is 5.10 Å². The number of hydrogen-bond donors (Lipinski definition) is 2. The summed E-state index contributed by atoms with van der Waals surface area (Å²) in [5.74, 6) is -1.68. The molecule has 0 aliphatic carbocycles. The van der Waals surface area contributed by atoms with Gasteiger partial charge in [0, 0.05) is 28.0 Å². The van der Waals surface area contributed by atoms with Crippen LogP contribution in [0, 0.1) is 13.8 Å². The van der Waals surface area contributed by atoms with E-state index in [2.05, 4.69) is 15.8 Å². The second kappa shape index (κ2) is 9.48. The second-order valence-electron chi connectivity index (χ2n) is 7.41. The van der Waals surface area contributed by atoms with Crippen molar-refractivity contribution in [2.75, 3.05) is 5.32 Å². The van der Waals surface area contributed by atoms with E-state index in [1.165, 1.54) is 6.21 Å². The van der Waals surface area contributed by atoms with Gasteiger partial charge in [0.05, 0.1) is 21.9 Å². The summed E-state index contributed by atoms with van der Waals surface area (Å²) in [5, 5.41) is 9.31. The minimum atomic E-state index is -0.870. The summed E-state index contributed by atoms with van der Waals surface area (Å²) in [6, 6.07) is 20.4. The first kappa shape index (κ1) is 22.6. The summed E-state index contributed by atoms with van der Waals surface area (Å²) in [7, 11) is 0. The average molecular weight is 479 g/mol. The van der Waals surface area contributed by atoms with E-state index in [9.17, 15) is 9.59 Å². The molecule has 1 aromatic heterocycles. The zero-order valence-corrected chi connectivity index (χ0v) is 19.4. The molecule has 33 heavy (non-hydrogen) atoms. The van der Waals surface area contributed by atoms with E-state index in [1.54, 1.807) is 12.1 Å². The lowest BCUT2D eigenvalue weighted by Crippen LogP contribution is -2.32. The lowest BCUT2D eigenvalue weighted by Gasteiger charge is -2.12. The van der Waals surface area contributed by atoms with Gasteiger partial charge in [0.15, 0.2) is 0 Å². The Hall–Kier alpha value is -3.61. The first-order valence-electron chi connectivity index (χ1n) is 10.1. The third kappa shape index (κ3) is 4.62. The number of halogens is 2. The van der Waals surface area contributed by atoms with Crippen LogP contribution < -0.4 is 10.7 Å². The zero-order chi connectivity index (χ0) is 23.5. The number of hydrogen-bond acceptors (Lipinski definition) is 3. The lowest BCUT2D eigenvalue weighted by atomic mass is 10.1. The molecule has 0 bridgehead atoms. The predicted octanol–water partition coefficient (Wildman–Crippen LogP) is 5.64. The molecule has 2 amide bonds. The molecular formula is C25H20Cl2N4O2. The van der Waals surface area contributed by atoms with E-state index in [0.717, 1.165) is 33.4 Å². The molecular weight excluding hydrogens is 459 g/mol. The van der Waals surface area contributed by atoms with Crippen molar-refractivity contribution >= 4 is 57.7 Å². The molecule has 0 unspecified atom stereocenters. The van der Waals surface area contributed by atoms with E-state index in [1.807, 2.05) is 73.0 Å². The summed E-state index contributed by atoms with van der Waals surface area (Å²) in [5.41, 5.74) is 6.11. The number of anilines is 1. The smallest absolute Gasteiger partial charge is 0.317 e. The molecule has 166 valence electrons. The normalized spacial score (nSPS) is 11.2. The molecule has 0 spiro atoms. The summed E-state index contributed by atoms with van der Waals surface area (Å²) in [4.78, 5) is 24.6. The summed E-state index contributed by atoms with van der Waals surface area (Å²) in [6.45, 7) is 3.83. The third-order valence-corrected chi connectivity index (χ3v) is 6.07. The first-order valence-corrected chi connectivity index (χ1v) is 10.9. The van der Waals surface area contributed by atoms with Crippen LogP contribution in [0.2, 0.25) is 10.0 Å². The molecule has 0 fully saturated rings. The van der Waals surface area contributed by atoms with Crippen LogP contribution in [0.25, 0.3) is 16.5 Å². The van der Waals surface area contributed by atoms with Crippen molar-refractivity contribution in [1.82, 2.24) is 9.99 Å². The van der Waals surface area contributed by atoms with Crippen LogP contribution in [0.1, 0.15) is 17.0 Å². The Bertz CT molecular complexity index is 1400. The summed E-state index contributed by atoms with van der Waals surface area (Å²) < 4.78 is 1.95. The Labute approximate surface area is 200 Å². The lowest BCUT2D eigenvalue weighted by molar-refractivity contribution is -0.136. The van der Waals surface area contributed by atoms with Gasteiger partial charge in [-0.05, 0) is 43.5 Å². The van der Waals surface area contributed by atoms with Crippen LogP contribution in [-0.4, -0.2) is 22.6 Å². The Balaban J connectivity index is 1.47. The maximum atomic E-state index is 12.3. The molecule has 2 N–H and O–H groups in total. The predicted molar refractivity (Wildman–Crippen MR) is 134 cm³/mol. The maximum absolute atomic E-state index is 12.3. The molecule has 3 aromatic carbocycles. The van der Waals surface area contributed by atoms with Gasteiger partial charge < -0.3 is 9.88 Å². The number of carbonyl (C=O) groups is 2. The number of nitrogens with one attached hydrogen (secondary N) is 2. The minimum absolute atomic E-state index is 0.447. The standard InChI is InChI=1S/C25H20Cl2N4O2/c1-15-13-18(16(2)31(15)22-12-6-10-20(26)23(22)27)14-28-30-25(33)24(32)29-21-11-5-8-17-7-3-4-9-19(17)21/h3-14H,1-2H3,(H,29,32)(H,30,33)/b28-14-. The fourth-order valence-corrected chi connectivity index (χ4v) is 4.06. The number of rotatable bonds is 4. The molecule has 4 aromatic rings. The van der Waals surface area contributed by atoms with Crippen molar-refractivity contribution in [1.29, 1.82) is 0 Å². The minimum Gasteiger partial charge on any atom is -0.317 e. The average Bonchev–Trinajstić information content (AvgIpc) is 3.08. The Morgan fingerprint density at radius 3 is 2.48 bits per heavy atom. The van der Waals surface area contributed by atoms with Gasteiger partial charge in [-0.15, -0.1) is 0 Å². The van der Waals surface area contributed by atoms with Crippen LogP contribution in [0.15, 0.2) is 71.8 Å². The van der Waals surface area contributed by atoms with E-state index in [0.29, 0.717) is 15.7 Å². The number of hydrazone groups is 1. The largest absolute Gasteiger partial charge is 0.329 e. The Kier molecular flexibility index (Phi) is 6.49. The quantitative estimate of drug-likeness (QED) is 0.226. The van der Waals surface area contributed by atoms with Crippen molar-refractivity contribution in [3.05, 3.63) is 93.7 Å². The van der Waals surface area contributed by atoms with Gasteiger partial charge in [-0.1, -0.05) is 65.7 Å². The van der Waals surface area contributed by atoms with E-state index < -0.39 is 11.8 Å². The highest BCUT2D eigenvalue weighted by molar-refractivity contribution is 6.43. The second-order valence-corrected chi connectivity index (χ2v) is 8.20. The van der Waals surface area contributed by atoms with E-state index >= 15 is 0 Å². The highest BCUT2D eigenvalue weighted by Gasteiger charge is 2.16. The molecule has 1 heterocycles. The van der Waals surface area contributed by atoms with Gasteiger partial charge in [-0.2, -0.15) is 5.10 Å². The summed E-state index contributed by atoms with van der Waals surface area (Å²) in [6.07, 6.45) is 1.49. The molecule has 8 heteroatoms. The Morgan fingerprint density at radius 2 is 1.67 bits per heavy atom. The van der Waals surface area contributed by atoms with Crippen LogP contribution in [0.3, 0.4) is 0 Å². The van der Waals surface area contributed by atoms with E-state index in [-0.39, 0.29) is 0 Å². The maximum Gasteiger partial charge on any atom is 0.329 e.